The van der Waals surface area contributed by atoms with Crippen LogP contribution < -0.4 is 4.31 Å². The Hall–Kier alpha value is -2.97. The lowest BCUT2D eigenvalue weighted by Crippen LogP contribution is -2.53. The van der Waals surface area contributed by atoms with E-state index in [1.54, 1.807) is 4.31 Å². The Morgan fingerprint density at radius 2 is 1.64 bits per heavy atom. The fourth-order valence-electron chi connectivity index (χ4n) is 5.97. The minimum atomic E-state index is -0.736. The number of carboxylic acids is 1. The topological polar surface area (TPSA) is 79.9 Å². The summed E-state index contributed by atoms with van der Waals surface area (Å²) in [6, 6.07) is 17.5. The van der Waals surface area contributed by atoms with Crippen molar-refractivity contribution in [2.45, 2.75) is 37.6 Å². The zero-order chi connectivity index (χ0) is 25.1. The molecule has 1 unspecified atom stereocenters. The number of nitrogens with zero attached hydrogens (tertiary/aromatic N) is 3. The third kappa shape index (κ3) is 4.97. The quantitative estimate of drug-likeness (QED) is 0.437. The summed E-state index contributed by atoms with van der Waals surface area (Å²) in [5, 5.41) is 11.5. The molecule has 2 aliphatic heterocycles. The number of hydrogen-bond donors (Lipinski definition) is 2. The van der Waals surface area contributed by atoms with E-state index in [4.69, 9.17) is 0 Å². The van der Waals surface area contributed by atoms with Crippen LogP contribution in [-0.2, 0) is 4.79 Å². The van der Waals surface area contributed by atoms with E-state index in [0.717, 1.165) is 37.1 Å². The third-order valence-electron chi connectivity index (χ3n) is 7.84. The molecule has 2 N–H and O–H groups in total. The van der Waals surface area contributed by atoms with E-state index in [-0.39, 0.29) is 11.9 Å². The van der Waals surface area contributed by atoms with Crippen LogP contribution in [-0.4, -0.2) is 70.4 Å². The van der Waals surface area contributed by atoms with E-state index in [2.05, 4.69) is 34.3 Å². The van der Waals surface area contributed by atoms with Gasteiger partial charge in [-0.2, -0.15) is 0 Å². The highest BCUT2D eigenvalue weighted by Gasteiger charge is 2.39. The summed E-state index contributed by atoms with van der Waals surface area (Å²) < 4.78 is 1.71. The zero-order valence-electron chi connectivity index (χ0n) is 20.7. The molecule has 1 atom stereocenters. The summed E-state index contributed by atoms with van der Waals surface area (Å²) in [6.45, 7) is 2.75. The lowest BCUT2D eigenvalue weighted by molar-refractivity contribution is -0.147. The Bertz CT molecular complexity index is 1180. The van der Waals surface area contributed by atoms with Crippen LogP contribution in [0.4, 0.5) is 10.5 Å². The van der Waals surface area contributed by atoms with Gasteiger partial charge in [0.2, 0.25) is 0 Å². The van der Waals surface area contributed by atoms with Gasteiger partial charge in [0.15, 0.2) is 0 Å². The van der Waals surface area contributed by atoms with Crippen molar-refractivity contribution in [2.24, 2.45) is 5.92 Å². The van der Waals surface area contributed by atoms with Crippen LogP contribution in [0.2, 0.25) is 0 Å². The standard InChI is InChI=1S/C28H34N4O3S/c1-36-32(22-7-3-2-4-8-22)28(35)31-17-13-21(14-18-31)26(27(33)34)30-15-11-20(12-16-30)24-19-29-25-10-6-5-9-23(24)25/h2-10,19-21,26,29H,11-18H2,1H3,(H,33,34). The second kappa shape index (κ2) is 11.0. The maximum Gasteiger partial charge on any atom is 0.334 e. The summed E-state index contributed by atoms with van der Waals surface area (Å²) in [6.07, 6.45) is 7.37. The second-order valence-electron chi connectivity index (χ2n) is 9.80. The van der Waals surface area contributed by atoms with Gasteiger partial charge < -0.3 is 15.0 Å². The Kier molecular flexibility index (Phi) is 7.53. The Morgan fingerprint density at radius 1 is 0.972 bits per heavy atom. The van der Waals surface area contributed by atoms with Gasteiger partial charge >= 0.3 is 12.0 Å². The van der Waals surface area contributed by atoms with Crippen molar-refractivity contribution in [1.29, 1.82) is 0 Å². The Balaban J connectivity index is 1.19. The fraction of sp³-hybridized carbons (Fsp3) is 0.429. The Morgan fingerprint density at radius 3 is 2.31 bits per heavy atom. The number of rotatable bonds is 6. The lowest BCUT2D eigenvalue weighted by Gasteiger charge is -2.42. The van der Waals surface area contributed by atoms with Crippen molar-refractivity contribution in [3.63, 3.8) is 0 Å². The first-order valence-electron chi connectivity index (χ1n) is 12.8. The molecule has 190 valence electrons. The largest absolute Gasteiger partial charge is 0.480 e. The molecule has 2 fully saturated rings. The van der Waals surface area contributed by atoms with Crippen LogP contribution in [0.1, 0.15) is 37.2 Å². The van der Waals surface area contributed by atoms with Gasteiger partial charge in [0.25, 0.3) is 0 Å². The molecule has 8 heteroatoms. The van der Waals surface area contributed by atoms with Crippen molar-refractivity contribution in [1.82, 2.24) is 14.8 Å². The van der Waals surface area contributed by atoms with Gasteiger partial charge in [-0.25, -0.2) is 9.10 Å². The summed E-state index contributed by atoms with van der Waals surface area (Å²) in [7, 11) is 0. The molecule has 0 saturated carbocycles. The fourth-order valence-corrected chi connectivity index (χ4v) is 6.57. The first-order chi connectivity index (χ1) is 17.6. The minimum absolute atomic E-state index is 0.0291. The molecule has 0 bridgehead atoms. The second-order valence-corrected chi connectivity index (χ2v) is 10.5. The average Bonchev–Trinajstić information content (AvgIpc) is 3.35. The molecule has 3 aromatic rings. The van der Waals surface area contributed by atoms with E-state index >= 15 is 0 Å². The lowest BCUT2D eigenvalue weighted by atomic mass is 9.84. The van der Waals surface area contributed by atoms with Crippen LogP contribution in [0, 0.1) is 5.92 Å². The van der Waals surface area contributed by atoms with E-state index in [1.807, 2.05) is 47.6 Å². The number of benzene rings is 2. The van der Waals surface area contributed by atoms with Crippen molar-refractivity contribution >= 4 is 40.5 Å². The number of carbonyl (C=O) groups is 2. The number of carbonyl (C=O) groups excluding carboxylic acids is 1. The smallest absolute Gasteiger partial charge is 0.334 e. The predicted octanol–water partition coefficient (Wildman–Crippen LogP) is 5.42. The van der Waals surface area contributed by atoms with Crippen molar-refractivity contribution in [2.75, 3.05) is 36.7 Å². The molecule has 0 aliphatic carbocycles. The average molecular weight is 507 g/mol. The van der Waals surface area contributed by atoms with Gasteiger partial charge in [-0.15, -0.1) is 0 Å². The summed E-state index contributed by atoms with van der Waals surface area (Å²) in [5.74, 6) is -0.238. The SMILES string of the molecule is CSN(C(=O)N1CCC(C(C(=O)O)N2CCC(c3c[nH]c4ccccc34)CC2)CC1)c1ccccc1. The zero-order valence-corrected chi connectivity index (χ0v) is 21.5. The van der Waals surface area contributed by atoms with Gasteiger partial charge in [0.1, 0.15) is 6.04 Å². The van der Waals surface area contributed by atoms with E-state index in [9.17, 15) is 14.7 Å². The summed E-state index contributed by atoms with van der Waals surface area (Å²) >= 11 is 1.40. The first kappa shape index (κ1) is 24.7. The molecule has 0 radical (unpaired) electrons. The number of fused-ring (bicyclic) bond motifs is 1. The van der Waals surface area contributed by atoms with Gasteiger partial charge in [-0.05, 0) is 86.3 Å². The number of carboxylic acid groups (broad SMARTS) is 1. The molecule has 0 spiro atoms. The van der Waals surface area contributed by atoms with Gasteiger partial charge in [-0.1, -0.05) is 36.4 Å². The van der Waals surface area contributed by atoms with E-state index in [0.29, 0.717) is 31.8 Å². The molecule has 2 aliphatic rings. The third-order valence-corrected chi connectivity index (χ3v) is 8.57. The van der Waals surface area contributed by atoms with Crippen molar-refractivity contribution in [3.8, 4) is 0 Å². The molecular weight excluding hydrogens is 472 g/mol. The number of aromatic amines is 1. The van der Waals surface area contributed by atoms with Crippen LogP contribution in [0.15, 0.2) is 60.8 Å². The number of likely N-dealkylation sites (tertiary alicyclic amines) is 2. The van der Waals surface area contributed by atoms with Crippen molar-refractivity contribution < 1.29 is 14.7 Å². The van der Waals surface area contributed by atoms with Crippen LogP contribution in [0.25, 0.3) is 10.9 Å². The number of urea groups is 1. The normalized spacial score (nSPS) is 18.9. The predicted molar refractivity (Wildman–Crippen MR) is 145 cm³/mol. The number of aromatic nitrogens is 1. The van der Waals surface area contributed by atoms with Gasteiger partial charge in [-0.3, -0.25) is 9.69 Å². The highest BCUT2D eigenvalue weighted by molar-refractivity contribution is 8.00. The molecule has 7 nitrogen and oxygen atoms in total. The highest BCUT2D eigenvalue weighted by Crippen LogP contribution is 2.35. The maximum absolute atomic E-state index is 13.2. The number of nitrogens with one attached hydrogen (secondary N) is 1. The monoisotopic (exact) mass is 506 g/mol. The molecule has 5 rings (SSSR count). The molecule has 2 amide bonds. The maximum atomic E-state index is 13.2. The van der Waals surface area contributed by atoms with E-state index in [1.165, 1.54) is 22.9 Å². The molecule has 3 heterocycles. The number of hydrogen-bond acceptors (Lipinski definition) is 4. The van der Waals surface area contributed by atoms with Crippen LogP contribution >= 0.6 is 11.9 Å². The van der Waals surface area contributed by atoms with Crippen molar-refractivity contribution in [3.05, 3.63) is 66.4 Å². The highest BCUT2D eigenvalue weighted by atomic mass is 32.2. The van der Waals surface area contributed by atoms with Crippen LogP contribution in [0.5, 0.6) is 0 Å². The number of amides is 2. The number of H-pyrrole nitrogens is 1. The first-order valence-corrected chi connectivity index (χ1v) is 14.0. The Labute approximate surface area is 216 Å². The molecule has 2 saturated heterocycles. The number of piperidine rings is 2. The molecular formula is C28H34N4O3S. The number of aliphatic carboxylic acids is 1. The summed E-state index contributed by atoms with van der Waals surface area (Å²) in [4.78, 5) is 33.0. The van der Waals surface area contributed by atoms with E-state index < -0.39 is 12.0 Å². The summed E-state index contributed by atoms with van der Waals surface area (Å²) in [5.41, 5.74) is 3.37. The minimum Gasteiger partial charge on any atom is -0.480 e. The number of para-hydroxylation sites is 2. The molecule has 2 aromatic carbocycles. The van der Waals surface area contributed by atoms with Crippen LogP contribution in [0.3, 0.4) is 0 Å². The number of anilines is 1. The van der Waals surface area contributed by atoms with Gasteiger partial charge in [0, 0.05) is 36.4 Å². The molecule has 1 aromatic heterocycles. The van der Waals surface area contributed by atoms with Gasteiger partial charge in [0.05, 0.1) is 5.69 Å². The molecule has 36 heavy (non-hydrogen) atoms.